The van der Waals surface area contributed by atoms with Crippen LogP contribution >= 0.6 is 0 Å². The Morgan fingerprint density at radius 2 is 2.13 bits per heavy atom. The largest absolute Gasteiger partial charge is 0.334 e. The summed E-state index contributed by atoms with van der Waals surface area (Å²) >= 11 is 0. The number of carbonyl (C=O) groups excluding carboxylic acids is 1. The van der Waals surface area contributed by atoms with Gasteiger partial charge in [-0.1, -0.05) is 18.0 Å². The Balaban J connectivity index is 1.61. The van der Waals surface area contributed by atoms with Crippen LogP contribution < -0.4 is 0 Å². The summed E-state index contributed by atoms with van der Waals surface area (Å²) in [6.45, 7) is 0.802. The Morgan fingerprint density at radius 1 is 1.26 bits per heavy atom. The van der Waals surface area contributed by atoms with Crippen molar-refractivity contribution in [3.05, 3.63) is 18.2 Å². The first kappa shape index (κ1) is 14.4. The third-order valence-electron chi connectivity index (χ3n) is 4.65. The Kier molecular flexibility index (Phi) is 3.63. The highest BCUT2D eigenvalue weighted by Crippen LogP contribution is 2.37. The van der Waals surface area contributed by atoms with E-state index in [1.165, 1.54) is 0 Å². The minimum Gasteiger partial charge on any atom is -0.334 e. The minimum atomic E-state index is -0.0558. The highest BCUT2D eigenvalue weighted by atomic mass is 16.5. The summed E-state index contributed by atoms with van der Waals surface area (Å²) < 4.78 is 7.11. The maximum absolute atomic E-state index is 12.6. The zero-order valence-electron chi connectivity index (χ0n) is 13.3. The van der Waals surface area contributed by atoms with Crippen LogP contribution in [-0.2, 0) is 11.8 Å². The summed E-state index contributed by atoms with van der Waals surface area (Å²) in [5.74, 6) is 1.58. The third kappa shape index (κ3) is 2.87. The van der Waals surface area contributed by atoms with Crippen molar-refractivity contribution in [2.75, 3.05) is 6.54 Å². The lowest BCUT2D eigenvalue weighted by Crippen LogP contribution is -2.36. The molecular formula is C16H21N5O2. The van der Waals surface area contributed by atoms with Crippen molar-refractivity contribution in [1.29, 1.82) is 0 Å². The summed E-state index contributed by atoms with van der Waals surface area (Å²) in [5.41, 5.74) is 0.806. The zero-order chi connectivity index (χ0) is 15.8. The number of aromatic nitrogens is 4. The molecule has 0 aromatic carbocycles. The van der Waals surface area contributed by atoms with Crippen molar-refractivity contribution < 1.29 is 9.32 Å². The predicted molar refractivity (Wildman–Crippen MR) is 82.1 cm³/mol. The smallest absolute Gasteiger partial charge is 0.261 e. The topological polar surface area (TPSA) is 77.0 Å². The summed E-state index contributed by atoms with van der Waals surface area (Å²) in [5, 5.41) is 8.29. The molecule has 0 spiro atoms. The Hall–Kier alpha value is -2.18. The van der Waals surface area contributed by atoms with Crippen LogP contribution in [0.25, 0.3) is 11.5 Å². The van der Waals surface area contributed by atoms with Crippen LogP contribution in [-0.4, -0.2) is 37.3 Å². The molecule has 2 aliphatic rings. The number of nitrogens with zero attached hydrogens (tertiary/aromatic N) is 5. The monoisotopic (exact) mass is 315 g/mol. The molecule has 1 saturated carbocycles. The SMILES string of the molecule is Cn1cc(-c2nc(C3CCCCCN3C(=O)C3CC3)no2)cn1. The molecule has 0 N–H and O–H groups in total. The molecule has 1 saturated heterocycles. The van der Waals surface area contributed by atoms with Gasteiger partial charge in [-0.05, 0) is 25.7 Å². The number of hydrogen-bond donors (Lipinski definition) is 0. The van der Waals surface area contributed by atoms with Crippen LogP contribution in [0.2, 0.25) is 0 Å². The predicted octanol–water partition coefficient (Wildman–Crippen LogP) is 2.32. The lowest BCUT2D eigenvalue weighted by molar-refractivity contribution is -0.135. The van der Waals surface area contributed by atoms with E-state index in [-0.39, 0.29) is 17.9 Å². The van der Waals surface area contributed by atoms with E-state index < -0.39 is 0 Å². The molecule has 7 heteroatoms. The average Bonchev–Trinajstić information content (AvgIpc) is 3.22. The van der Waals surface area contributed by atoms with E-state index in [0.717, 1.165) is 50.6 Å². The van der Waals surface area contributed by atoms with Crippen molar-refractivity contribution >= 4 is 5.91 Å². The standard InChI is InChI=1S/C16H21N5O2/c1-20-10-12(9-17-20)15-18-14(19-23-15)13-5-3-2-4-8-21(13)16(22)11-6-7-11/h9-11,13H,2-8H2,1H3. The fourth-order valence-electron chi connectivity index (χ4n) is 3.22. The summed E-state index contributed by atoms with van der Waals surface area (Å²) in [6.07, 6.45) is 9.81. The molecule has 122 valence electrons. The Morgan fingerprint density at radius 3 is 2.87 bits per heavy atom. The number of amides is 1. The van der Waals surface area contributed by atoms with Gasteiger partial charge in [-0.3, -0.25) is 9.48 Å². The molecule has 2 fully saturated rings. The number of aryl methyl sites for hydroxylation is 1. The van der Waals surface area contributed by atoms with Gasteiger partial charge in [0.25, 0.3) is 5.89 Å². The Bertz CT molecular complexity index is 703. The molecule has 1 unspecified atom stereocenters. The van der Waals surface area contributed by atoms with Crippen LogP contribution in [0, 0.1) is 5.92 Å². The van der Waals surface area contributed by atoms with Crippen LogP contribution in [0.3, 0.4) is 0 Å². The van der Waals surface area contributed by atoms with E-state index in [1.54, 1.807) is 10.9 Å². The molecule has 2 aromatic rings. The van der Waals surface area contributed by atoms with Gasteiger partial charge in [-0.25, -0.2) is 0 Å². The lowest BCUT2D eigenvalue weighted by atomic mass is 10.1. The number of carbonyl (C=O) groups is 1. The van der Waals surface area contributed by atoms with E-state index in [9.17, 15) is 4.79 Å². The Labute approximate surface area is 134 Å². The molecule has 0 radical (unpaired) electrons. The normalized spacial score (nSPS) is 22.1. The van der Waals surface area contributed by atoms with Gasteiger partial charge in [-0.15, -0.1) is 0 Å². The molecule has 7 nitrogen and oxygen atoms in total. The maximum Gasteiger partial charge on any atom is 0.261 e. The van der Waals surface area contributed by atoms with Gasteiger partial charge >= 0.3 is 0 Å². The van der Waals surface area contributed by atoms with Crippen molar-refractivity contribution in [3.63, 3.8) is 0 Å². The van der Waals surface area contributed by atoms with Crippen molar-refractivity contribution in [3.8, 4) is 11.5 Å². The van der Waals surface area contributed by atoms with E-state index >= 15 is 0 Å². The molecule has 0 bridgehead atoms. The number of likely N-dealkylation sites (tertiary alicyclic amines) is 1. The van der Waals surface area contributed by atoms with E-state index in [2.05, 4.69) is 15.2 Å². The van der Waals surface area contributed by atoms with Crippen molar-refractivity contribution in [2.24, 2.45) is 13.0 Å². The van der Waals surface area contributed by atoms with Gasteiger partial charge in [0.15, 0.2) is 5.82 Å². The van der Waals surface area contributed by atoms with Crippen LogP contribution in [0.1, 0.15) is 50.4 Å². The molecule has 23 heavy (non-hydrogen) atoms. The molecule has 1 aliphatic heterocycles. The van der Waals surface area contributed by atoms with Gasteiger partial charge < -0.3 is 9.42 Å². The van der Waals surface area contributed by atoms with Crippen LogP contribution in [0.15, 0.2) is 16.9 Å². The summed E-state index contributed by atoms with van der Waals surface area (Å²) in [7, 11) is 1.85. The van der Waals surface area contributed by atoms with Crippen LogP contribution in [0.5, 0.6) is 0 Å². The second-order valence-corrected chi connectivity index (χ2v) is 6.53. The molecule has 4 rings (SSSR count). The maximum atomic E-state index is 12.6. The van der Waals surface area contributed by atoms with Gasteiger partial charge in [-0.2, -0.15) is 10.1 Å². The van der Waals surface area contributed by atoms with Gasteiger partial charge in [0.2, 0.25) is 5.91 Å². The fraction of sp³-hybridized carbons (Fsp3) is 0.625. The highest BCUT2D eigenvalue weighted by Gasteiger charge is 2.38. The highest BCUT2D eigenvalue weighted by molar-refractivity contribution is 5.81. The zero-order valence-corrected chi connectivity index (χ0v) is 13.3. The summed E-state index contributed by atoms with van der Waals surface area (Å²) in [4.78, 5) is 19.1. The molecule has 1 atom stereocenters. The van der Waals surface area contributed by atoms with Gasteiger partial charge in [0, 0.05) is 25.7 Å². The first-order chi connectivity index (χ1) is 11.2. The molecule has 3 heterocycles. The van der Waals surface area contributed by atoms with Crippen molar-refractivity contribution in [1.82, 2.24) is 24.8 Å². The van der Waals surface area contributed by atoms with E-state index in [0.29, 0.717) is 11.7 Å². The second kappa shape index (κ2) is 5.79. The first-order valence-corrected chi connectivity index (χ1v) is 8.35. The second-order valence-electron chi connectivity index (χ2n) is 6.53. The first-order valence-electron chi connectivity index (χ1n) is 8.35. The molecule has 2 aromatic heterocycles. The van der Waals surface area contributed by atoms with Gasteiger partial charge in [0.05, 0.1) is 17.8 Å². The molecule has 1 aliphatic carbocycles. The fourth-order valence-corrected chi connectivity index (χ4v) is 3.22. The average molecular weight is 315 g/mol. The third-order valence-corrected chi connectivity index (χ3v) is 4.65. The quantitative estimate of drug-likeness (QED) is 0.868. The van der Waals surface area contributed by atoms with E-state index in [1.807, 2.05) is 18.1 Å². The number of hydrogen-bond acceptors (Lipinski definition) is 5. The van der Waals surface area contributed by atoms with Crippen LogP contribution in [0.4, 0.5) is 0 Å². The lowest BCUT2D eigenvalue weighted by Gasteiger charge is -2.27. The van der Waals surface area contributed by atoms with Gasteiger partial charge in [0.1, 0.15) is 0 Å². The minimum absolute atomic E-state index is 0.0558. The summed E-state index contributed by atoms with van der Waals surface area (Å²) in [6, 6.07) is -0.0558. The molecule has 1 amide bonds. The van der Waals surface area contributed by atoms with E-state index in [4.69, 9.17) is 4.52 Å². The number of rotatable bonds is 3. The molecular weight excluding hydrogens is 294 g/mol. The van der Waals surface area contributed by atoms with Crippen molar-refractivity contribution in [2.45, 2.75) is 44.6 Å².